The van der Waals surface area contributed by atoms with E-state index in [2.05, 4.69) is 0 Å². The number of rotatable bonds is 6. The van der Waals surface area contributed by atoms with Gasteiger partial charge in [-0.05, 0) is 31.1 Å². The van der Waals surface area contributed by atoms with Gasteiger partial charge in [-0.1, -0.05) is 60.7 Å². The molecule has 6 heteroatoms. The summed E-state index contributed by atoms with van der Waals surface area (Å²) < 4.78 is 17.2. The van der Waals surface area contributed by atoms with Crippen LogP contribution in [0.3, 0.4) is 0 Å². The first-order valence-corrected chi connectivity index (χ1v) is 10.1. The molecular formula is C24H25NO5. The lowest BCUT2D eigenvalue weighted by molar-refractivity contribution is -0.148. The smallest absolute Gasteiger partial charge is 0.411 e. The number of hydrogen-bond donors (Lipinski definition) is 0. The van der Waals surface area contributed by atoms with Crippen molar-refractivity contribution in [1.29, 1.82) is 0 Å². The van der Waals surface area contributed by atoms with Gasteiger partial charge in [0.25, 0.3) is 0 Å². The number of nitrogens with zero attached hydrogens (tertiary/aromatic N) is 1. The van der Waals surface area contributed by atoms with Gasteiger partial charge in [-0.15, -0.1) is 0 Å². The summed E-state index contributed by atoms with van der Waals surface area (Å²) in [6.45, 7) is 5.47. The van der Waals surface area contributed by atoms with Crippen LogP contribution in [0.1, 0.15) is 44.0 Å². The highest BCUT2D eigenvalue weighted by atomic mass is 16.6. The second kappa shape index (κ2) is 7.95. The van der Waals surface area contributed by atoms with Crippen molar-refractivity contribution in [2.24, 2.45) is 0 Å². The molecule has 1 aliphatic carbocycles. The number of benzene rings is 2. The molecule has 2 aromatic rings. The zero-order valence-electron chi connectivity index (χ0n) is 17.3. The van der Waals surface area contributed by atoms with Crippen LogP contribution >= 0.6 is 0 Å². The minimum absolute atomic E-state index is 0.346. The van der Waals surface area contributed by atoms with Crippen molar-refractivity contribution < 1.29 is 23.8 Å². The lowest BCUT2D eigenvalue weighted by Crippen LogP contribution is -2.60. The fraction of sp³-hybridized carbons (Fsp3) is 0.333. The Kier molecular flexibility index (Phi) is 5.35. The van der Waals surface area contributed by atoms with E-state index in [1.165, 1.54) is 6.92 Å². The monoisotopic (exact) mass is 407 g/mol. The Hall–Kier alpha value is -3.12. The summed E-state index contributed by atoms with van der Waals surface area (Å²) in [4.78, 5) is 26.3. The number of hydrogen-bond acceptors (Lipinski definition) is 5. The quantitative estimate of drug-likeness (QED) is 0.658. The Morgan fingerprint density at radius 1 is 1.07 bits per heavy atom. The van der Waals surface area contributed by atoms with Gasteiger partial charge >= 0.3 is 12.1 Å². The van der Waals surface area contributed by atoms with Gasteiger partial charge in [-0.25, -0.2) is 4.79 Å². The van der Waals surface area contributed by atoms with Crippen LogP contribution in [0, 0.1) is 0 Å². The maximum atomic E-state index is 13.1. The predicted octanol–water partition coefficient (Wildman–Crippen LogP) is 4.55. The Balaban J connectivity index is 1.76. The van der Waals surface area contributed by atoms with E-state index >= 15 is 0 Å². The average molecular weight is 407 g/mol. The Morgan fingerprint density at radius 2 is 1.67 bits per heavy atom. The predicted molar refractivity (Wildman–Crippen MR) is 110 cm³/mol. The van der Waals surface area contributed by atoms with Crippen LogP contribution in [-0.4, -0.2) is 35.2 Å². The van der Waals surface area contributed by atoms with Crippen molar-refractivity contribution in [1.82, 2.24) is 4.90 Å². The van der Waals surface area contributed by atoms with Gasteiger partial charge in [-0.3, -0.25) is 9.69 Å². The molecule has 0 aromatic heterocycles. The first kappa shape index (κ1) is 20.2. The fourth-order valence-electron chi connectivity index (χ4n) is 4.27. The maximum absolute atomic E-state index is 13.1. The third kappa shape index (κ3) is 3.37. The minimum atomic E-state index is -0.932. The topological polar surface area (TPSA) is 65.1 Å². The largest absolute Gasteiger partial charge is 0.439 e. The van der Waals surface area contributed by atoms with E-state index in [1.54, 1.807) is 11.0 Å². The molecule has 1 heterocycles. The summed E-state index contributed by atoms with van der Waals surface area (Å²) in [5, 5.41) is 0. The summed E-state index contributed by atoms with van der Waals surface area (Å²) in [7, 11) is 0. The van der Waals surface area contributed by atoms with E-state index in [0.717, 1.165) is 11.1 Å². The van der Waals surface area contributed by atoms with Crippen molar-refractivity contribution >= 4 is 12.1 Å². The third-order valence-electron chi connectivity index (χ3n) is 5.65. The Labute approximate surface area is 176 Å². The molecule has 0 bridgehead atoms. The molecule has 0 radical (unpaired) electrons. The molecule has 156 valence electrons. The first-order chi connectivity index (χ1) is 14.5. The SMILES string of the molecule is CCO[C@]1(C)C(OC(C)=O)=CC1N1C(=O)O[C@@H](c2ccccc2)[C@H]1c1ccccc1. The average Bonchev–Trinajstić information content (AvgIpc) is 3.08. The fourth-order valence-corrected chi connectivity index (χ4v) is 4.27. The van der Waals surface area contributed by atoms with Crippen LogP contribution in [0.2, 0.25) is 0 Å². The van der Waals surface area contributed by atoms with Gasteiger partial charge in [0.1, 0.15) is 17.4 Å². The zero-order chi connectivity index (χ0) is 21.3. The van der Waals surface area contributed by atoms with E-state index in [0.29, 0.717) is 12.4 Å². The molecular weight excluding hydrogens is 382 g/mol. The van der Waals surface area contributed by atoms with E-state index in [-0.39, 0.29) is 6.04 Å². The third-order valence-corrected chi connectivity index (χ3v) is 5.65. The lowest BCUT2D eigenvalue weighted by atomic mass is 9.79. The second-order valence-electron chi connectivity index (χ2n) is 7.59. The van der Waals surface area contributed by atoms with E-state index in [4.69, 9.17) is 14.2 Å². The summed E-state index contributed by atoms with van der Waals surface area (Å²) in [5.41, 5.74) is 0.951. The van der Waals surface area contributed by atoms with Gasteiger partial charge in [-0.2, -0.15) is 0 Å². The minimum Gasteiger partial charge on any atom is -0.439 e. The molecule has 4 rings (SSSR count). The molecule has 4 atom stereocenters. The Bertz CT molecular complexity index is 958. The van der Waals surface area contributed by atoms with Crippen molar-refractivity contribution in [2.75, 3.05) is 6.61 Å². The molecule has 1 fully saturated rings. The number of cyclic esters (lactones) is 1. The summed E-state index contributed by atoms with van der Waals surface area (Å²) in [6.07, 6.45) is 0.881. The van der Waals surface area contributed by atoms with Crippen molar-refractivity contribution in [3.05, 3.63) is 83.6 Å². The van der Waals surface area contributed by atoms with Crippen LogP contribution < -0.4 is 0 Å². The van der Waals surface area contributed by atoms with Gasteiger partial charge in [0.05, 0.1) is 6.04 Å². The van der Waals surface area contributed by atoms with Crippen LogP contribution in [0.5, 0.6) is 0 Å². The molecule has 6 nitrogen and oxygen atoms in total. The van der Waals surface area contributed by atoms with E-state index in [1.807, 2.05) is 74.5 Å². The summed E-state index contributed by atoms with van der Waals surface area (Å²) >= 11 is 0. The Morgan fingerprint density at radius 3 is 2.23 bits per heavy atom. The van der Waals surface area contributed by atoms with E-state index in [9.17, 15) is 9.59 Å². The number of amides is 1. The summed E-state index contributed by atoms with van der Waals surface area (Å²) in [5.74, 6) is 0.000945. The van der Waals surface area contributed by atoms with E-state index < -0.39 is 29.8 Å². The number of carbonyl (C=O) groups excluding carboxylic acids is 2. The molecule has 2 aliphatic rings. The molecule has 1 unspecified atom stereocenters. The first-order valence-electron chi connectivity index (χ1n) is 10.1. The van der Waals surface area contributed by atoms with Gasteiger partial charge in [0, 0.05) is 13.5 Å². The molecule has 30 heavy (non-hydrogen) atoms. The van der Waals surface area contributed by atoms with Crippen LogP contribution in [0.25, 0.3) is 0 Å². The highest BCUT2D eigenvalue weighted by Crippen LogP contribution is 2.50. The van der Waals surface area contributed by atoms with Crippen LogP contribution in [0.4, 0.5) is 4.79 Å². The summed E-state index contributed by atoms with van der Waals surface area (Å²) in [6, 6.07) is 18.7. The highest BCUT2D eigenvalue weighted by Gasteiger charge is 2.58. The maximum Gasteiger partial charge on any atom is 0.411 e. The van der Waals surface area contributed by atoms with Crippen LogP contribution in [0.15, 0.2) is 72.5 Å². The van der Waals surface area contributed by atoms with Gasteiger partial charge in [0.2, 0.25) is 0 Å². The highest BCUT2D eigenvalue weighted by molar-refractivity contribution is 5.74. The molecule has 1 amide bonds. The lowest BCUT2D eigenvalue weighted by Gasteiger charge is -2.48. The zero-order valence-corrected chi connectivity index (χ0v) is 17.3. The van der Waals surface area contributed by atoms with Crippen molar-refractivity contribution in [2.45, 2.75) is 44.6 Å². The molecule has 1 aliphatic heterocycles. The molecule has 0 spiro atoms. The number of esters is 1. The standard InChI is InChI=1S/C24H25NO5/c1-4-28-24(3)19(15-20(24)29-16(2)26)25-21(17-11-7-5-8-12-17)22(30-23(25)27)18-13-9-6-10-14-18/h5-15,19,21-22H,4H2,1-3H3/t19?,21-,22+,24+/m1/s1. The molecule has 0 N–H and O–H groups in total. The van der Waals surface area contributed by atoms with Gasteiger partial charge in [0.15, 0.2) is 6.10 Å². The van der Waals surface area contributed by atoms with Crippen LogP contribution in [-0.2, 0) is 19.0 Å². The number of carbonyl (C=O) groups is 2. The van der Waals surface area contributed by atoms with Gasteiger partial charge < -0.3 is 14.2 Å². The van der Waals surface area contributed by atoms with Crippen molar-refractivity contribution in [3.8, 4) is 0 Å². The second-order valence-corrected chi connectivity index (χ2v) is 7.59. The molecule has 1 saturated heterocycles. The number of ether oxygens (including phenoxy) is 3. The molecule has 0 saturated carbocycles. The van der Waals surface area contributed by atoms with Crippen molar-refractivity contribution in [3.63, 3.8) is 0 Å². The normalized spacial score (nSPS) is 27.8. The molecule has 2 aromatic carbocycles.